The third-order valence-electron chi connectivity index (χ3n) is 5.20. The van der Waals surface area contributed by atoms with Gasteiger partial charge in [0.15, 0.2) is 5.82 Å². The molecule has 1 aromatic carbocycles. The van der Waals surface area contributed by atoms with Gasteiger partial charge in [-0.3, -0.25) is 9.78 Å². The Bertz CT molecular complexity index is 1010. The Morgan fingerprint density at radius 3 is 2.56 bits per heavy atom. The Kier molecular flexibility index (Phi) is 8.08. The zero-order valence-electron chi connectivity index (χ0n) is 18.8. The minimum atomic E-state index is 0.225. The predicted molar refractivity (Wildman–Crippen MR) is 125 cm³/mol. The first kappa shape index (κ1) is 23.1. The summed E-state index contributed by atoms with van der Waals surface area (Å²) in [6.45, 7) is 7.54. The third-order valence-corrected chi connectivity index (χ3v) is 5.20. The monoisotopic (exact) mass is 434 g/mol. The van der Waals surface area contributed by atoms with E-state index in [1.54, 1.807) is 11.1 Å². The second-order valence-electron chi connectivity index (χ2n) is 8.09. The van der Waals surface area contributed by atoms with Crippen molar-refractivity contribution in [3.8, 4) is 11.5 Å². The molecule has 1 aliphatic rings. The maximum absolute atomic E-state index is 10.8. The number of carbonyl (C=O) groups is 1. The van der Waals surface area contributed by atoms with Crippen molar-refractivity contribution in [2.75, 3.05) is 18.4 Å². The molecule has 3 heterocycles. The van der Waals surface area contributed by atoms with Gasteiger partial charge in [0.2, 0.25) is 6.41 Å². The topological polar surface area (TPSA) is 108 Å². The van der Waals surface area contributed by atoms with E-state index in [4.69, 9.17) is 9.93 Å². The van der Waals surface area contributed by atoms with Crippen molar-refractivity contribution >= 4 is 18.3 Å². The Hall–Kier alpha value is -3.55. The number of hydrogen-bond acceptors (Lipinski definition) is 7. The molecule has 0 bridgehead atoms. The molecule has 0 atom stereocenters. The molecule has 1 amide bonds. The molecular formula is C24H30N6O2. The standard InChI is InChI=1S/C18H23N5O2.C6H7N/c1-12(2)20-16-9-14(3-4-15(16)10-19)18-21-17(22-25-18)13-5-7-23(11-24)8-6-13;1-6-4-2-3-5-7-6/h3-4,9-13,19-20H,5-8H2,1-2H3;2-5H,1H3. The molecule has 1 saturated heterocycles. The number of hydrogen-bond donors (Lipinski definition) is 2. The molecule has 0 saturated carbocycles. The summed E-state index contributed by atoms with van der Waals surface area (Å²) < 4.78 is 5.46. The van der Waals surface area contributed by atoms with E-state index in [0.717, 1.165) is 54.8 Å². The first-order valence-electron chi connectivity index (χ1n) is 10.8. The number of nitrogens with zero attached hydrogens (tertiary/aromatic N) is 4. The predicted octanol–water partition coefficient (Wildman–Crippen LogP) is 4.28. The van der Waals surface area contributed by atoms with Crippen LogP contribution in [0, 0.1) is 12.3 Å². The van der Waals surface area contributed by atoms with Crippen LogP contribution >= 0.6 is 0 Å². The average molecular weight is 435 g/mol. The van der Waals surface area contributed by atoms with Crippen LogP contribution in [0.5, 0.6) is 0 Å². The second kappa shape index (κ2) is 11.2. The van der Waals surface area contributed by atoms with Crippen molar-refractivity contribution in [2.24, 2.45) is 0 Å². The highest BCUT2D eigenvalue weighted by Crippen LogP contribution is 2.29. The van der Waals surface area contributed by atoms with Gasteiger partial charge in [-0.15, -0.1) is 0 Å². The summed E-state index contributed by atoms with van der Waals surface area (Å²) in [5.41, 5.74) is 3.60. The Morgan fingerprint density at radius 2 is 2.00 bits per heavy atom. The molecular weight excluding hydrogens is 404 g/mol. The lowest BCUT2D eigenvalue weighted by atomic mass is 9.96. The highest BCUT2D eigenvalue weighted by Gasteiger charge is 2.24. The van der Waals surface area contributed by atoms with Crippen LogP contribution in [-0.2, 0) is 4.79 Å². The molecule has 8 nitrogen and oxygen atoms in total. The van der Waals surface area contributed by atoms with Gasteiger partial charge in [-0.1, -0.05) is 17.3 Å². The van der Waals surface area contributed by atoms with E-state index in [-0.39, 0.29) is 12.0 Å². The lowest BCUT2D eigenvalue weighted by Crippen LogP contribution is -2.31. The normalized spacial score (nSPS) is 13.9. The van der Waals surface area contributed by atoms with Crippen molar-refractivity contribution in [3.63, 3.8) is 0 Å². The molecule has 0 radical (unpaired) electrons. The summed E-state index contributed by atoms with van der Waals surface area (Å²) in [6, 6.07) is 11.8. The fourth-order valence-corrected chi connectivity index (χ4v) is 3.48. The molecule has 8 heteroatoms. The number of pyridine rings is 1. The number of amides is 1. The Labute approximate surface area is 188 Å². The average Bonchev–Trinajstić information content (AvgIpc) is 3.30. The van der Waals surface area contributed by atoms with Crippen LogP contribution in [0.4, 0.5) is 5.69 Å². The van der Waals surface area contributed by atoms with Crippen LogP contribution in [0.1, 0.15) is 49.7 Å². The molecule has 0 aliphatic carbocycles. The minimum Gasteiger partial charge on any atom is -0.382 e. The van der Waals surface area contributed by atoms with Crippen molar-refractivity contribution in [2.45, 2.75) is 45.6 Å². The number of nitrogens with one attached hydrogen (secondary N) is 2. The largest absolute Gasteiger partial charge is 0.382 e. The van der Waals surface area contributed by atoms with Gasteiger partial charge in [-0.2, -0.15) is 4.98 Å². The highest BCUT2D eigenvalue weighted by atomic mass is 16.5. The fraction of sp³-hybridized carbons (Fsp3) is 0.375. The number of benzene rings is 1. The number of piperidine rings is 1. The van der Waals surface area contributed by atoms with Gasteiger partial charge in [-0.25, -0.2) is 0 Å². The molecule has 2 N–H and O–H groups in total. The van der Waals surface area contributed by atoms with Crippen molar-refractivity contribution < 1.29 is 9.32 Å². The van der Waals surface area contributed by atoms with Gasteiger partial charge >= 0.3 is 0 Å². The summed E-state index contributed by atoms with van der Waals surface area (Å²) in [6.07, 6.45) is 5.71. The van der Waals surface area contributed by atoms with E-state index >= 15 is 0 Å². The SMILES string of the molecule is CC(C)Nc1cc(-c2nc(C3CCN(C=O)CC3)no2)ccc1C=N.Cc1ccccn1. The van der Waals surface area contributed by atoms with E-state index in [2.05, 4.69) is 34.3 Å². The van der Waals surface area contributed by atoms with Gasteiger partial charge in [0, 0.05) is 60.0 Å². The maximum Gasteiger partial charge on any atom is 0.258 e. The fourth-order valence-electron chi connectivity index (χ4n) is 3.48. The molecule has 4 rings (SSSR count). The Balaban J connectivity index is 0.000000352. The smallest absolute Gasteiger partial charge is 0.258 e. The number of likely N-dealkylation sites (tertiary alicyclic amines) is 1. The molecule has 0 spiro atoms. The van der Waals surface area contributed by atoms with E-state index in [1.807, 2.05) is 43.3 Å². The van der Waals surface area contributed by atoms with Crippen LogP contribution in [0.2, 0.25) is 0 Å². The highest BCUT2D eigenvalue weighted by molar-refractivity contribution is 5.87. The van der Waals surface area contributed by atoms with E-state index in [9.17, 15) is 4.79 Å². The van der Waals surface area contributed by atoms with Crippen molar-refractivity contribution in [1.29, 1.82) is 5.41 Å². The number of aromatic nitrogens is 3. The lowest BCUT2D eigenvalue weighted by Gasteiger charge is -2.27. The van der Waals surface area contributed by atoms with Crippen LogP contribution in [-0.4, -0.2) is 51.8 Å². The van der Waals surface area contributed by atoms with E-state index in [0.29, 0.717) is 11.7 Å². The zero-order valence-corrected chi connectivity index (χ0v) is 18.8. The van der Waals surface area contributed by atoms with Gasteiger partial charge in [0.25, 0.3) is 5.89 Å². The minimum absolute atomic E-state index is 0.225. The zero-order chi connectivity index (χ0) is 22.9. The molecule has 32 heavy (non-hydrogen) atoms. The lowest BCUT2D eigenvalue weighted by molar-refractivity contribution is -0.119. The quantitative estimate of drug-likeness (QED) is 0.443. The van der Waals surface area contributed by atoms with Crippen molar-refractivity contribution in [1.82, 2.24) is 20.0 Å². The molecule has 3 aromatic rings. The molecule has 1 aliphatic heterocycles. The van der Waals surface area contributed by atoms with Gasteiger partial charge in [-0.05, 0) is 57.9 Å². The first-order valence-corrected chi connectivity index (χ1v) is 10.8. The molecule has 2 aromatic heterocycles. The van der Waals surface area contributed by atoms with Gasteiger partial charge < -0.3 is 20.1 Å². The van der Waals surface area contributed by atoms with Crippen LogP contribution in [0.3, 0.4) is 0 Å². The number of rotatable bonds is 6. The van der Waals surface area contributed by atoms with Crippen molar-refractivity contribution in [3.05, 3.63) is 59.7 Å². The molecule has 1 fully saturated rings. The molecule has 0 unspecified atom stereocenters. The summed E-state index contributed by atoms with van der Waals surface area (Å²) in [5, 5.41) is 15.0. The molecule has 168 valence electrons. The van der Waals surface area contributed by atoms with E-state index in [1.165, 1.54) is 6.21 Å². The van der Waals surface area contributed by atoms with Gasteiger partial charge in [0.1, 0.15) is 0 Å². The third kappa shape index (κ3) is 6.23. The number of anilines is 1. The summed E-state index contributed by atoms with van der Waals surface area (Å²) in [5.74, 6) is 1.41. The number of carbonyl (C=O) groups excluding carboxylic acids is 1. The first-order chi connectivity index (χ1) is 15.5. The maximum atomic E-state index is 10.8. The summed E-state index contributed by atoms with van der Waals surface area (Å²) in [7, 11) is 0. The summed E-state index contributed by atoms with van der Waals surface area (Å²) >= 11 is 0. The van der Waals surface area contributed by atoms with Crippen LogP contribution in [0.25, 0.3) is 11.5 Å². The summed E-state index contributed by atoms with van der Waals surface area (Å²) in [4.78, 5) is 21.1. The number of aryl methyl sites for hydroxylation is 1. The van der Waals surface area contributed by atoms with Gasteiger partial charge in [0.05, 0.1) is 0 Å². The van der Waals surface area contributed by atoms with Crippen LogP contribution < -0.4 is 5.32 Å². The van der Waals surface area contributed by atoms with Crippen LogP contribution in [0.15, 0.2) is 47.1 Å². The Morgan fingerprint density at radius 1 is 1.22 bits per heavy atom. The second-order valence-corrected chi connectivity index (χ2v) is 8.09. The van der Waals surface area contributed by atoms with E-state index < -0.39 is 0 Å².